The van der Waals surface area contributed by atoms with Gasteiger partial charge in [-0.1, -0.05) is 12.1 Å². The van der Waals surface area contributed by atoms with E-state index in [9.17, 15) is 22.8 Å². The van der Waals surface area contributed by atoms with Gasteiger partial charge < -0.3 is 9.47 Å². The average molecular weight is 368 g/mol. The third kappa shape index (κ3) is 4.24. The predicted molar refractivity (Wildman–Crippen MR) is 85.9 cm³/mol. The average Bonchev–Trinajstić information content (AvgIpc) is 2.64. The van der Waals surface area contributed by atoms with E-state index in [0.29, 0.717) is 5.75 Å². The molecule has 0 radical (unpaired) electrons. The maximum Gasteiger partial charge on any atom is 0.417 e. The molecule has 0 spiro atoms. The molecule has 2 rings (SSSR count). The fraction of sp³-hybridized carbons (Fsp3) is 0.176. The van der Waals surface area contributed by atoms with Crippen molar-refractivity contribution in [3.8, 4) is 11.5 Å². The Balaban J connectivity index is 2.12. The van der Waals surface area contributed by atoms with Gasteiger partial charge in [-0.2, -0.15) is 13.2 Å². The molecule has 2 N–H and O–H groups in total. The first-order valence-corrected chi connectivity index (χ1v) is 7.27. The van der Waals surface area contributed by atoms with Crippen LogP contribution >= 0.6 is 0 Å². The summed E-state index contributed by atoms with van der Waals surface area (Å²) in [5.74, 6) is -1.14. The van der Waals surface area contributed by atoms with Gasteiger partial charge in [-0.15, -0.1) is 0 Å². The van der Waals surface area contributed by atoms with Crippen LogP contribution in [0.15, 0.2) is 42.5 Å². The Morgan fingerprint density at radius 1 is 0.885 bits per heavy atom. The molecule has 0 aromatic heterocycles. The van der Waals surface area contributed by atoms with Crippen LogP contribution in [0.3, 0.4) is 0 Å². The highest BCUT2D eigenvalue weighted by Gasteiger charge is 2.34. The number of rotatable bonds is 4. The zero-order valence-corrected chi connectivity index (χ0v) is 13.8. The van der Waals surface area contributed by atoms with Gasteiger partial charge in [0.05, 0.1) is 25.3 Å². The first-order chi connectivity index (χ1) is 12.3. The molecule has 0 bridgehead atoms. The first-order valence-electron chi connectivity index (χ1n) is 7.27. The van der Waals surface area contributed by atoms with Crippen molar-refractivity contribution < 1.29 is 32.2 Å². The molecule has 2 amide bonds. The molecule has 0 atom stereocenters. The molecule has 0 saturated carbocycles. The van der Waals surface area contributed by atoms with Crippen LogP contribution in [-0.4, -0.2) is 26.0 Å². The lowest BCUT2D eigenvalue weighted by Gasteiger charge is -2.13. The van der Waals surface area contributed by atoms with E-state index >= 15 is 0 Å². The van der Waals surface area contributed by atoms with Crippen LogP contribution in [0, 0.1) is 0 Å². The van der Waals surface area contributed by atoms with Gasteiger partial charge >= 0.3 is 6.18 Å². The van der Waals surface area contributed by atoms with Crippen molar-refractivity contribution in [2.24, 2.45) is 0 Å². The Labute approximate surface area is 146 Å². The molecule has 6 nitrogen and oxygen atoms in total. The molecular weight excluding hydrogens is 353 g/mol. The van der Waals surface area contributed by atoms with Gasteiger partial charge in [0.1, 0.15) is 0 Å². The van der Waals surface area contributed by atoms with Crippen molar-refractivity contribution >= 4 is 11.8 Å². The monoisotopic (exact) mass is 368 g/mol. The second-order valence-corrected chi connectivity index (χ2v) is 5.02. The van der Waals surface area contributed by atoms with Crippen LogP contribution in [0.2, 0.25) is 0 Å². The van der Waals surface area contributed by atoms with E-state index in [1.54, 1.807) is 0 Å². The van der Waals surface area contributed by atoms with Crippen molar-refractivity contribution in [2.75, 3.05) is 14.2 Å². The number of ether oxygens (including phenoxy) is 2. The van der Waals surface area contributed by atoms with E-state index in [1.165, 1.54) is 44.6 Å². The molecule has 0 heterocycles. The van der Waals surface area contributed by atoms with Gasteiger partial charge in [0.25, 0.3) is 11.8 Å². The van der Waals surface area contributed by atoms with Crippen LogP contribution in [0.1, 0.15) is 26.3 Å². The topological polar surface area (TPSA) is 76.7 Å². The number of carbonyl (C=O) groups is 2. The third-order valence-electron chi connectivity index (χ3n) is 3.41. The number of methoxy groups -OCH3 is 2. The molecule has 0 aliphatic heterocycles. The highest BCUT2D eigenvalue weighted by Crippen LogP contribution is 2.31. The van der Waals surface area contributed by atoms with Crippen molar-refractivity contribution in [1.29, 1.82) is 0 Å². The minimum Gasteiger partial charge on any atom is -0.493 e. The van der Waals surface area contributed by atoms with E-state index < -0.39 is 29.1 Å². The number of halogens is 3. The maximum absolute atomic E-state index is 12.9. The maximum atomic E-state index is 12.9. The number of hydrogen-bond donors (Lipinski definition) is 2. The highest BCUT2D eigenvalue weighted by molar-refractivity contribution is 6.00. The lowest BCUT2D eigenvalue weighted by molar-refractivity contribution is -0.137. The lowest BCUT2D eigenvalue weighted by atomic mass is 10.1. The molecule has 0 aliphatic carbocycles. The Kier molecular flexibility index (Phi) is 5.71. The molecule has 26 heavy (non-hydrogen) atoms. The number of amides is 2. The van der Waals surface area contributed by atoms with Crippen LogP contribution in [0.5, 0.6) is 11.5 Å². The van der Waals surface area contributed by atoms with E-state index in [2.05, 4.69) is 5.43 Å². The fourth-order valence-corrected chi connectivity index (χ4v) is 2.16. The summed E-state index contributed by atoms with van der Waals surface area (Å²) in [6.45, 7) is 0. The van der Waals surface area contributed by atoms with Gasteiger partial charge in [-0.3, -0.25) is 20.4 Å². The Morgan fingerprint density at radius 3 is 2.12 bits per heavy atom. The van der Waals surface area contributed by atoms with Crippen molar-refractivity contribution in [2.45, 2.75) is 6.18 Å². The van der Waals surface area contributed by atoms with E-state index in [0.717, 1.165) is 12.1 Å². The minimum absolute atomic E-state index is 0.118. The van der Waals surface area contributed by atoms with Crippen LogP contribution in [0.4, 0.5) is 13.2 Å². The van der Waals surface area contributed by atoms with Crippen molar-refractivity contribution in [3.05, 3.63) is 59.2 Å². The summed E-state index contributed by atoms with van der Waals surface area (Å²) >= 11 is 0. The molecule has 0 unspecified atom stereocenters. The van der Waals surface area contributed by atoms with Gasteiger partial charge in [-0.25, -0.2) is 0 Å². The molecule has 2 aromatic carbocycles. The second kappa shape index (κ2) is 7.77. The minimum atomic E-state index is -4.69. The Morgan fingerprint density at radius 2 is 1.50 bits per heavy atom. The van der Waals surface area contributed by atoms with Crippen LogP contribution in [-0.2, 0) is 6.18 Å². The van der Waals surface area contributed by atoms with Gasteiger partial charge in [0.2, 0.25) is 0 Å². The summed E-state index contributed by atoms with van der Waals surface area (Å²) in [5.41, 5.74) is 2.44. The number of carbonyl (C=O) groups excluding carboxylic acids is 2. The summed E-state index contributed by atoms with van der Waals surface area (Å²) in [6, 6.07) is 8.51. The first kappa shape index (κ1) is 19.1. The zero-order chi connectivity index (χ0) is 19.3. The molecular formula is C17H15F3N2O4. The molecule has 0 fully saturated rings. The largest absolute Gasteiger partial charge is 0.493 e. The summed E-state index contributed by atoms with van der Waals surface area (Å²) in [6.07, 6.45) is -4.69. The number of nitrogens with one attached hydrogen (secondary N) is 2. The van der Waals surface area contributed by atoms with E-state index in [1.807, 2.05) is 5.43 Å². The number of benzene rings is 2. The Hall–Kier alpha value is -3.23. The van der Waals surface area contributed by atoms with E-state index in [4.69, 9.17) is 9.47 Å². The van der Waals surface area contributed by atoms with Crippen LogP contribution in [0.25, 0.3) is 0 Å². The van der Waals surface area contributed by atoms with E-state index in [-0.39, 0.29) is 11.3 Å². The summed E-state index contributed by atoms with van der Waals surface area (Å²) in [5, 5.41) is 0. The third-order valence-corrected chi connectivity index (χ3v) is 3.41. The predicted octanol–water partition coefficient (Wildman–Crippen LogP) is 2.80. The van der Waals surface area contributed by atoms with Gasteiger partial charge in [0.15, 0.2) is 11.5 Å². The number of hydrogen-bond acceptors (Lipinski definition) is 4. The number of hydrazine groups is 1. The van der Waals surface area contributed by atoms with Crippen molar-refractivity contribution in [3.63, 3.8) is 0 Å². The normalized spacial score (nSPS) is 10.8. The SMILES string of the molecule is COc1ccc(C(=O)NNC(=O)c2ccccc2C(F)(F)F)cc1OC. The quantitative estimate of drug-likeness (QED) is 0.814. The molecule has 9 heteroatoms. The zero-order valence-electron chi connectivity index (χ0n) is 13.8. The smallest absolute Gasteiger partial charge is 0.417 e. The van der Waals surface area contributed by atoms with Gasteiger partial charge in [0, 0.05) is 5.56 Å². The summed E-state index contributed by atoms with van der Waals surface area (Å²) < 4.78 is 48.9. The highest BCUT2D eigenvalue weighted by atomic mass is 19.4. The summed E-state index contributed by atoms with van der Waals surface area (Å²) in [4.78, 5) is 24.1. The molecule has 0 saturated heterocycles. The van der Waals surface area contributed by atoms with Crippen LogP contribution < -0.4 is 20.3 Å². The summed E-state index contributed by atoms with van der Waals surface area (Å²) in [7, 11) is 2.81. The van der Waals surface area contributed by atoms with Crippen molar-refractivity contribution in [1.82, 2.24) is 10.9 Å². The number of alkyl halides is 3. The Bertz CT molecular complexity index is 822. The second-order valence-electron chi connectivity index (χ2n) is 5.02. The molecule has 138 valence electrons. The van der Waals surface area contributed by atoms with Gasteiger partial charge in [-0.05, 0) is 30.3 Å². The standard InChI is InChI=1S/C17H15F3N2O4/c1-25-13-8-7-10(9-14(13)26-2)15(23)21-22-16(24)11-5-3-4-6-12(11)17(18,19)20/h3-9H,1-2H3,(H,21,23)(H,22,24). The lowest BCUT2D eigenvalue weighted by Crippen LogP contribution is -2.42. The molecule has 2 aromatic rings. The fourth-order valence-electron chi connectivity index (χ4n) is 2.16. The molecule has 0 aliphatic rings.